The van der Waals surface area contributed by atoms with Crippen molar-refractivity contribution in [2.24, 2.45) is 5.92 Å². The van der Waals surface area contributed by atoms with E-state index < -0.39 is 0 Å². The van der Waals surface area contributed by atoms with Crippen molar-refractivity contribution in [3.63, 3.8) is 0 Å². The summed E-state index contributed by atoms with van der Waals surface area (Å²) in [4.78, 5) is 19.4. The maximum atomic E-state index is 13.1. The van der Waals surface area contributed by atoms with Gasteiger partial charge in [-0.3, -0.25) is 9.69 Å². The predicted octanol–water partition coefficient (Wildman–Crippen LogP) is 4.27. The first-order valence-corrected chi connectivity index (χ1v) is 10.7. The molecule has 1 N–H and O–H groups in total. The molecule has 4 rings (SSSR count). The number of halogens is 1. The zero-order chi connectivity index (χ0) is 21.8. The van der Waals surface area contributed by atoms with Crippen LogP contribution in [0, 0.1) is 18.7 Å². The highest BCUT2D eigenvalue weighted by atomic mass is 19.1. The third-order valence-corrected chi connectivity index (χ3v) is 5.74. The molecular weight excluding hydrogens is 395 g/mol. The molecule has 1 aliphatic heterocycles. The monoisotopic (exact) mass is 422 g/mol. The van der Waals surface area contributed by atoms with E-state index in [9.17, 15) is 9.18 Å². The van der Waals surface area contributed by atoms with Gasteiger partial charge in [0.15, 0.2) is 0 Å². The van der Waals surface area contributed by atoms with E-state index in [1.54, 1.807) is 12.1 Å². The minimum Gasteiger partial charge on any atom is -0.349 e. The van der Waals surface area contributed by atoms with Gasteiger partial charge in [-0.25, -0.2) is 4.39 Å². The SMILES string of the molecule is Cc1ccc(C(C)NC(=O)C2CCCN(Cc3nc(-c4ccc(F)cc4)no3)C2)cc1. The molecule has 2 heterocycles. The van der Waals surface area contributed by atoms with Crippen LogP contribution in [0.25, 0.3) is 11.4 Å². The Hall–Kier alpha value is -3.06. The Kier molecular flexibility index (Phi) is 6.42. The summed E-state index contributed by atoms with van der Waals surface area (Å²) < 4.78 is 18.5. The van der Waals surface area contributed by atoms with Crippen LogP contribution in [-0.4, -0.2) is 34.0 Å². The Labute approximate surface area is 181 Å². The van der Waals surface area contributed by atoms with Crippen LogP contribution in [-0.2, 0) is 11.3 Å². The molecule has 0 saturated carbocycles. The first-order valence-electron chi connectivity index (χ1n) is 10.7. The lowest BCUT2D eigenvalue weighted by atomic mass is 9.96. The fourth-order valence-electron chi connectivity index (χ4n) is 3.91. The minimum absolute atomic E-state index is 0.0299. The van der Waals surface area contributed by atoms with E-state index in [2.05, 4.69) is 51.5 Å². The van der Waals surface area contributed by atoms with Crippen molar-refractivity contribution in [1.82, 2.24) is 20.4 Å². The first-order chi connectivity index (χ1) is 15.0. The summed E-state index contributed by atoms with van der Waals surface area (Å²) in [5.74, 6) is 0.639. The number of rotatable bonds is 6. The van der Waals surface area contributed by atoms with E-state index in [1.165, 1.54) is 17.7 Å². The molecule has 2 atom stereocenters. The molecule has 0 aliphatic carbocycles. The summed E-state index contributed by atoms with van der Waals surface area (Å²) in [6, 6.07) is 14.2. The standard InChI is InChI=1S/C24H27FN4O2/c1-16-5-7-18(8-6-16)17(2)26-24(30)20-4-3-13-29(14-20)15-22-27-23(28-31-22)19-9-11-21(25)12-10-19/h5-12,17,20H,3-4,13-15H2,1-2H3,(H,26,30). The average molecular weight is 423 g/mol. The number of amides is 1. The van der Waals surface area contributed by atoms with Crippen molar-refractivity contribution in [1.29, 1.82) is 0 Å². The Bertz CT molecular complexity index is 1020. The Morgan fingerprint density at radius 2 is 1.97 bits per heavy atom. The van der Waals surface area contributed by atoms with Gasteiger partial charge in [-0.15, -0.1) is 0 Å². The highest BCUT2D eigenvalue weighted by molar-refractivity contribution is 5.79. The summed E-state index contributed by atoms with van der Waals surface area (Å²) in [6.07, 6.45) is 1.81. The number of aromatic nitrogens is 2. The van der Waals surface area contributed by atoms with Gasteiger partial charge < -0.3 is 9.84 Å². The van der Waals surface area contributed by atoms with Crippen molar-refractivity contribution in [3.05, 3.63) is 71.4 Å². The second-order valence-electron chi connectivity index (χ2n) is 8.23. The van der Waals surface area contributed by atoms with Gasteiger partial charge in [-0.2, -0.15) is 4.98 Å². The smallest absolute Gasteiger partial charge is 0.241 e. The summed E-state index contributed by atoms with van der Waals surface area (Å²) in [5, 5.41) is 7.15. The van der Waals surface area contributed by atoms with Gasteiger partial charge in [-0.1, -0.05) is 35.0 Å². The molecule has 1 amide bonds. The Morgan fingerprint density at radius 3 is 2.71 bits per heavy atom. The second kappa shape index (κ2) is 9.39. The van der Waals surface area contributed by atoms with Gasteiger partial charge in [0.25, 0.3) is 0 Å². The van der Waals surface area contributed by atoms with Gasteiger partial charge in [-0.05, 0) is 63.1 Å². The second-order valence-corrected chi connectivity index (χ2v) is 8.23. The molecule has 31 heavy (non-hydrogen) atoms. The van der Waals surface area contributed by atoms with Crippen LogP contribution in [0.15, 0.2) is 53.1 Å². The molecule has 3 aromatic rings. The summed E-state index contributed by atoms with van der Waals surface area (Å²) in [5.41, 5.74) is 3.01. The molecule has 1 aromatic heterocycles. The van der Waals surface area contributed by atoms with Crippen molar-refractivity contribution >= 4 is 5.91 Å². The van der Waals surface area contributed by atoms with E-state index in [0.29, 0.717) is 30.4 Å². The number of carbonyl (C=O) groups is 1. The molecule has 7 heteroatoms. The lowest BCUT2D eigenvalue weighted by Crippen LogP contribution is -2.43. The van der Waals surface area contributed by atoms with Crippen molar-refractivity contribution in [2.45, 2.75) is 39.3 Å². The number of benzene rings is 2. The molecule has 2 unspecified atom stereocenters. The van der Waals surface area contributed by atoms with Gasteiger partial charge in [0.2, 0.25) is 17.6 Å². The first kappa shape index (κ1) is 21.2. The van der Waals surface area contributed by atoms with Crippen LogP contribution < -0.4 is 5.32 Å². The third-order valence-electron chi connectivity index (χ3n) is 5.74. The summed E-state index contributed by atoms with van der Waals surface area (Å²) >= 11 is 0. The highest BCUT2D eigenvalue weighted by Crippen LogP contribution is 2.22. The van der Waals surface area contributed by atoms with Gasteiger partial charge >= 0.3 is 0 Å². The zero-order valence-corrected chi connectivity index (χ0v) is 17.8. The number of hydrogen-bond acceptors (Lipinski definition) is 5. The van der Waals surface area contributed by atoms with Crippen molar-refractivity contribution < 1.29 is 13.7 Å². The quantitative estimate of drug-likeness (QED) is 0.642. The summed E-state index contributed by atoms with van der Waals surface area (Å²) in [7, 11) is 0. The zero-order valence-electron chi connectivity index (χ0n) is 17.8. The molecule has 0 radical (unpaired) electrons. The fourth-order valence-corrected chi connectivity index (χ4v) is 3.91. The molecule has 2 aromatic carbocycles. The van der Waals surface area contributed by atoms with Crippen LogP contribution in [0.2, 0.25) is 0 Å². The van der Waals surface area contributed by atoms with Gasteiger partial charge in [0, 0.05) is 12.1 Å². The highest BCUT2D eigenvalue weighted by Gasteiger charge is 2.27. The predicted molar refractivity (Wildman–Crippen MR) is 115 cm³/mol. The largest absolute Gasteiger partial charge is 0.349 e. The molecule has 162 valence electrons. The fraction of sp³-hybridized carbons (Fsp3) is 0.375. The molecular formula is C24H27FN4O2. The van der Waals surface area contributed by atoms with E-state index in [-0.39, 0.29) is 23.7 Å². The van der Waals surface area contributed by atoms with Crippen LogP contribution >= 0.6 is 0 Å². The molecule has 6 nitrogen and oxygen atoms in total. The number of hydrogen-bond donors (Lipinski definition) is 1. The number of likely N-dealkylation sites (tertiary alicyclic amines) is 1. The van der Waals surface area contributed by atoms with Gasteiger partial charge in [0.1, 0.15) is 5.82 Å². The number of aryl methyl sites for hydroxylation is 1. The number of piperidine rings is 1. The lowest BCUT2D eigenvalue weighted by Gasteiger charge is -2.31. The van der Waals surface area contributed by atoms with E-state index >= 15 is 0 Å². The number of nitrogens with one attached hydrogen (secondary N) is 1. The Morgan fingerprint density at radius 1 is 1.23 bits per heavy atom. The maximum Gasteiger partial charge on any atom is 0.241 e. The number of nitrogens with zero attached hydrogens (tertiary/aromatic N) is 3. The topological polar surface area (TPSA) is 71.3 Å². The van der Waals surface area contributed by atoms with E-state index in [0.717, 1.165) is 24.9 Å². The van der Waals surface area contributed by atoms with Crippen molar-refractivity contribution in [2.75, 3.05) is 13.1 Å². The Balaban J connectivity index is 1.33. The minimum atomic E-state index is -0.304. The van der Waals surface area contributed by atoms with Crippen molar-refractivity contribution in [3.8, 4) is 11.4 Å². The summed E-state index contributed by atoms with van der Waals surface area (Å²) in [6.45, 7) is 6.09. The van der Waals surface area contributed by atoms with Crippen LogP contribution in [0.4, 0.5) is 4.39 Å². The lowest BCUT2D eigenvalue weighted by molar-refractivity contribution is -0.127. The third kappa shape index (κ3) is 5.35. The normalized spacial score (nSPS) is 18.0. The van der Waals surface area contributed by atoms with Gasteiger partial charge in [0.05, 0.1) is 18.5 Å². The molecule has 0 spiro atoms. The maximum absolute atomic E-state index is 13.1. The molecule has 1 aliphatic rings. The molecule has 0 bridgehead atoms. The van der Waals surface area contributed by atoms with E-state index in [1.807, 2.05) is 6.92 Å². The average Bonchev–Trinajstić information content (AvgIpc) is 3.23. The number of carbonyl (C=O) groups excluding carboxylic acids is 1. The molecule has 1 saturated heterocycles. The van der Waals surface area contributed by atoms with Crippen LogP contribution in [0.5, 0.6) is 0 Å². The van der Waals surface area contributed by atoms with Crippen LogP contribution in [0.3, 0.4) is 0 Å². The molecule has 1 fully saturated rings. The van der Waals surface area contributed by atoms with E-state index in [4.69, 9.17) is 4.52 Å². The van der Waals surface area contributed by atoms with Crippen LogP contribution in [0.1, 0.15) is 42.8 Å².